The molecule has 0 bridgehead atoms. The van der Waals surface area contributed by atoms with E-state index in [1.165, 1.54) is 5.56 Å². The zero-order valence-electron chi connectivity index (χ0n) is 10.9. The summed E-state index contributed by atoms with van der Waals surface area (Å²) in [6.07, 6.45) is 0. The molecule has 0 saturated heterocycles. The molecule has 1 N–H and O–H groups in total. The molecule has 0 aromatic heterocycles. The van der Waals surface area contributed by atoms with E-state index in [0.29, 0.717) is 11.9 Å². The Kier molecular flexibility index (Phi) is 3.48. The maximum atomic E-state index is 8.15. The highest BCUT2D eigenvalue weighted by molar-refractivity contribution is 6.00. The summed E-state index contributed by atoms with van der Waals surface area (Å²) in [5.41, 5.74) is 2.38. The zero-order valence-corrected chi connectivity index (χ0v) is 10.9. The first-order chi connectivity index (χ1) is 8.09. The molecule has 0 spiro atoms. The average molecular weight is 231 g/mol. The summed E-state index contributed by atoms with van der Waals surface area (Å²) in [6, 6.07) is 8.79. The minimum absolute atomic E-state index is 0.564. The van der Waals surface area contributed by atoms with E-state index >= 15 is 0 Å². The Bertz CT molecular complexity index is 412. The van der Waals surface area contributed by atoms with Gasteiger partial charge >= 0.3 is 0 Å². The van der Waals surface area contributed by atoms with Crippen LogP contribution >= 0.6 is 0 Å². The van der Waals surface area contributed by atoms with Crippen molar-refractivity contribution in [1.29, 1.82) is 5.41 Å². The maximum absolute atomic E-state index is 8.15. The molecule has 3 heteroatoms. The third-order valence-electron chi connectivity index (χ3n) is 3.55. The van der Waals surface area contributed by atoms with E-state index in [4.69, 9.17) is 5.41 Å². The molecule has 0 radical (unpaired) electrons. The number of benzene rings is 1. The summed E-state index contributed by atoms with van der Waals surface area (Å²) in [7, 11) is 2.14. The highest BCUT2D eigenvalue weighted by atomic mass is 15.2. The van der Waals surface area contributed by atoms with E-state index in [0.717, 1.165) is 25.2 Å². The molecular weight excluding hydrogens is 210 g/mol. The van der Waals surface area contributed by atoms with E-state index in [2.05, 4.69) is 42.8 Å². The quantitative estimate of drug-likeness (QED) is 0.861. The topological polar surface area (TPSA) is 30.3 Å². The summed E-state index contributed by atoms with van der Waals surface area (Å²) in [5.74, 6) is 0.678. The number of hydrogen-bond acceptors (Lipinski definition) is 2. The zero-order chi connectivity index (χ0) is 12.4. The van der Waals surface area contributed by atoms with Crippen molar-refractivity contribution in [2.75, 3.05) is 20.1 Å². The standard InChI is InChI=1S/C14H21N3/c1-11(2)16(3)8-9-17-10-12-6-4-5-7-13(12)14(17)15/h4-7,11,15H,8-10H2,1-3H3. The van der Waals surface area contributed by atoms with Gasteiger partial charge in [0.15, 0.2) is 0 Å². The number of nitrogens with one attached hydrogen (secondary N) is 1. The monoisotopic (exact) mass is 231 g/mol. The summed E-state index contributed by atoms with van der Waals surface area (Å²) < 4.78 is 0. The van der Waals surface area contributed by atoms with Crippen LogP contribution in [0.4, 0.5) is 0 Å². The molecule has 1 aromatic carbocycles. The van der Waals surface area contributed by atoms with Crippen molar-refractivity contribution in [3.63, 3.8) is 0 Å². The molecule has 0 amide bonds. The number of hydrogen-bond donors (Lipinski definition) is 1. The van der Waals surface area contributed by atoms with Gasteiger partial charge in [0.25, 0.3) is 0 Å². The highest BCUT2D eigenvalue weighted by Crippen LogP contribution is 2.21. The van der Waals surface area contributed by atoms with Gasteiger partial charge in [0.2, 0.25) is 0 Å². The normalized spacial score (nSPS) is 14.9. The molecule has 0 aliphatic carbocycles. The van der Waals surface area contributed by atoms with Crippen molar-refractivity contribution < 1.29 is 0 Å². The lowest BCUT2D eigenvalue weighted by Gasteiger charge is -2.25. The Morgan fingerprint density at radius 1 is 1.35 bits per heavy atom. The van der Waals surface area contributed by atoms with Gasteiger partial charge in [-0.25, -0.2) is 0 Å². The molecule has 0 fully saturated rings. The van der Waals surface area contributed by atoms with Gasteiger partial charge in [0, 0.05) is 31.2 Å². The second-order valence-electron chi connectivity index (χ2n) is 5.00. The first-order valence-corrected chi connectivity index (χ1v) is 6.21. The van der Waals surface area contributed by atoms with Gasteiger partial charge in [0.1, 0.15) is 5.84 Å². The smallest absolute Gasteiger partial charge is 0.128 e. The fraction of sp³-hybridized carbons (Fsp3) is 0.500. The lowest BCUT2D eigenvalue weighted by atomic mass is 10.1. The Balaban J connectivity index is 1.96. The van der Waals surface area contributed by atoms with Crippen LogP contribution in [0.3, 0.4) is 0 Å². The molecule has 17 heavy (non-hydrogen) atoms. The largest absolute Gasteiger partial charge is 0.351 e. The molecule has 0 atom stereocenters. The second kappa shape index (κ2) is 4.88. The fourth-order valence-corrected chi connectivity index (χ4v) is 2.07. The van der Waals surface area contributed by atoms with Gasteiger partial charge in [-0.1, -0.05) is 24.3 Å². The van der Waals surface area contributed by atoms with Gasteiger partial charge < -0.3 is 9.80 Å². The van der Waals surface area contributed by atoms with Crippen LogP contribution in [-0.4, -0.2) is 41.8 Å². The van der Waals surface area contributed by atoms with Crippen LogP contribution in [0, 0.1) is 5.41 Å². The molecule has 92 valence electrons. The Labute approximate surface area is 104 Å². The Morgan fingerprint density at radius 2 is 2.06 bits per heavy atom. The predicted octanol–water partition coefficient (Wildman–Crippen LogP) is 2.17. The van der Waals surface area contributed by atoms with Crippen molar-refractivity contribution in [2.24, 2.45) is 0 Å². The highest BCUT2D eigenvalue weighted by Gasteiger charge is 2.23. The van der Waals surface area contributed by atoms with Crippen molar-refractivity contribution >= 4 is 5.84 Å². The van der Waals surface area contributed by atoms with Gasteiger partial charge in [-0.05, 0) is 26.5 Å². The lowest BCUT2D eigenvalue weighted by molar-refractivity contribution is 0.246. The molecule has 2 rings (SSSR count). The summed E-state index contributed by atoms with van der Waals surface area (Å²) in [5, 5.41) is 8.15. The molecule has 1 aliphatic heterocycles. The molecule has 1 heterocycles. The molecule has 0 saturated carbocycles. The van der Waals surface area contributed by atoms with Crippen LogP contribution in [0.1, 0.15) is 25.0 Å². The van der Waals surface area contributed by atoms with Crippen LogP contribution < -0.4 is 0 Å². The van der Waals surface area contributed by atoms with E-state index < -0.39 is 0 Å². The van der Waals surface area contributed by atoms with Crippen LogP contribution in [0.15, 0.2) is 24.3 Å². The van der Waals surface area contributed by atoms with Crippen molar-refractivity contribution in [3.05, 3.63) is 35.4 Å². The number of fused-ring (bicyclic) bond motifs is 1. The first kappa shape index (κ1) is 12.1. The van der Waals surface area contributed by atoms with Crippen LogP contribution in [0.25, 0.3) is 0 Å². The van der Waals surface area contributed by atoms with E-state index in [1.807, 2.05) is 12.1 Å². The number of nitrogens with zero attached hydrogens (tertiary/aromatic N) is 2. The molecule has 1 aliphatic rings. The molecule has 1 aromatic rings. The Hall–Kier alpha value is -1.35. The van der Waals surface area contributed by atoms with Crippen molar-refractivity contribution in [3.8, 4) is 0 Å². The molecular formula is C14H21N3. The second-order valence-corrected chi connectivity index (χ2v) is 5.00. The molecule has 0 unspecified atom stereocenters. The summed E-state index contributed by atoms with van der Waals surface area (Å²) >= 11 is 0. The predicted molar refractivity (Wildman–Crippen MR) is 71.4 cm³/mol. The average Bonchev–Trinajstić information content (AvgIpc) is 2.64. The summed E-state index contributed by atoms with van der Waals surface area (Å²) in [6.45, 7) is 7.23. The number of rotatable bonds is 4. The summed E-state index contributed by atoms with van der Waals surface area (Å²) in [4.78, 5) is 4.47. The first-order valence-electron chi connectivity index (χ1n) is 6.21. The van der Waals surface area contributed by atoms with Crippen molar-refractivity contribution in [2.45, 2.75) is 26.4 Å². The van der Waals surface area contributed by atoms with Gasteiger partial charge in [-0.2, -0.15) is 0 Å². The van der Waals surface area contributed by atoms with Gasteiger partial charge in [-0.3, -0.25) is 5.41 Å². The van der Waals surface area contributed by atoms with Gasteiger partial charge in [-0.15, -0.1) is 0 Å². The number of amidine groups is 1. The van der Waals surface area contributed by atoms with Crippen LogP contribution in [-0.2, 0) is 6.54 Å². The van der Waals surface area contributed by atoms with Crippen LogP contribution in [0.2, 0.25) is 0 Å². The number of likely N-dealkylation sites (N-methyl/N-ethyl adjacent to an activating group) is 1. The lowest BCUT2D eigenvalue weighted by Crippen LogP contribution is -2.36. The Morgan fingerprint density at radius 3 is 2.71 bits per heavy atom. The minimum atomic E-state index is 0.564. The molecule has 3 nitrogen and oxygen atoms in total. The van der Waals surface area contributed by atoms with Crippen molar-refractivity contribution in [1.82, 2.24) is 9.80 Å². The van der Waals surface area contributed by atoms with E-state index in [-0.39, 0.29) is 0 Å². The fourth-order valence-electron chi connectivity index (χ4n) is 2.07. The van der Waals surface area contributed by atoms with Gasteiger partial charge in [0.05, 0.1) is 0 Å². The van der Waals surface area contributed by atoms with E-state index in [1.54, 1.807) is 0 Å². The SMILES string of the molecule is CC(C)N(C)CCN1Cc2ccccc2C1=N. The third-order valence-corrected chi connectivity index (χ3v) is 3.55. The maximum Gasteiger partial charge on any atom is 0.128 e. The minimum Gasteiger partial charge on any atom is -0.351 e. The van der Waals surface area contributed by atoms with E-state index in [9.17, 15) is 0 Å². The third kappa shape index (κ3) is 2.50. The van der Waals surface area contributed by atoms with Crippen LogP contribution in [0.5, 0.6) is 0 Å².